The van der Waals surface area contributed by atoms with Crippen molar-refractivity contribution in [1.82, 2.24) is 5.32 Å². The third-order valence-electron chi connectivity index (χ3n) is 4.25. The monoisotopic (exact) mass is 367 g/mol. The topological polar surface area (TPSA) is 72.5 Å². The summed E-state index contributed by atoms with van der Waals surface area (Å²) in [5.74, 6) is -1.01. The quantitative estimate of drug-likeness (QED) is 0.541. The minimum atomic E-state index is -0.552. The molecule has 0 aliphatic rings. The minimum absolute atomic E-state index is 0.0386. The summed E-state index contributed by atoms with van der Waals surface area (Å²) in [6.45, 7) is 3.51. The van der Waals surface area contributed by atoms with E-state index < -0.39 is 5.97 Å². The van der Waals surface area contributed by atoms with Gasteiger partial charge in [-0.3, -0.25) is 14.4 Å². The van der Waals surface area contributed by atoms with Gasteiger partial charge in [-0.05, 0) is 24.5 Å². The lowest BCUT2D eigenvalue weighted by atomic mass is 10.0. The molecule has 2 rings (SSSR count). The van der Waals surface area contributed by atoms with Gasteiger partial charge >= 0.3 is 5.97 Å². The Bertz CT molecular complexity index is 769. The maximum absolute atomic E-state index is 12.2. The van der Waals surface area contributed by atoms with Crippen molar-refractivity contribution in [3.05, 3.63) is 60.2 Å². The number of hydrogen-bond donors (Lipinski definition) is 1. The Kier molecular flexibility index (Phi) is 7.74. The fraction of sp³-hybridized carbons (Fsp3) is 0.318. The number of benzene rings is 2. The highest BCUT2D eigenvalue weighted by Crippen LogP contribution is 2.19. The second-order valence-electron chi connectivity index (χ2n) is 6.40. The Hall–Kier alpha value is -2.95. The van der Waals surface area contributed by atoms with Crippen LogP contribution in [0.1, 0.15) is 43.5 Å². The normalized spacial score (nSPS) is 11.5. The molecule has 0 fully saturated rings. The number of hydrogen-bond acceptors (Lipinski definition) is 4. The van der Waals surface area contributed by atoms with Crippen LogP contribution in [0.2, 0.25) is 0 Å². The first-order chi connectivity index (χ1) is 13.0. The molecule has 0 radical (unpaired) electrons. The average Bonchev–Trinajstić information content (AvgIpc) is 2.71. The number of ketones is 1. The molecule has 0 unspecified atom stereocenters. The van der Waals surface area contributed by atoms with E-state index in [1.807, 2.05) is 56.3 Å². The van der Waals surface area contributed by atoms with Crippen LogP contribution in [0.5, 0.6) is 0 Å². The highest BCUT2D eigenvalue weighted by atomic mass is 16.5. The molecule has 1 atom stereocenters. The summed E-state index contributed by atoms with van der Waals surface area (Å²) in [5, 5.41) is 2.71. The Morgan fingerprint density at radius 3 is 2.19 bits per heavy atom. The third-order valence-corrected chi connectivity index (χ3v) is 4.25. The fourth-order valence-electron chi connectivity index (χ4n) is 2.48. The van der Waals surface area contributed by atoms with Crippen LogP contribution in [0, 0.1) is 0 Å². The Morgan fingerprint density at radius 2 is 1.56 bits per heavy atom. The van der Waals surface area contributed by atoms with Gasteiger partial charge in [-0.25, -0.2) is 0 Å². The summed E-state index contributed by atoms with van der Waals surface area (Å²) in [4.78, 5) is 35.5. The second kappa shape index (κ2) is 10.3. The number of amides is 1. The molecular weight excluding hydrogens is 342 g/mol. The van der Waals surface area contributed by atoms with E-state index in [0.717, 1.165) is 17.5 Å². The van der Waals surface area contributed by atoms with Crippen LogP contribution in [0.25, 0.3) is 11.1 Å². The number of ether oxygens (including phenoxy) is 1. The fourth-order valence-corrected chi connectivity index (χ4v) is 2.48. The van der Waals surface area contributed by atoms with E-state index in [1.165, 1.54) is 0 Å². The Balaban J connectivity index is 1.78. The largest absolute Gasteiger partial charge is 0.456 e. The molecule has 0 aromatic heterocycles. The van der Waals surface area contributed by atoms with Crippen molar-refractivity contribution in [1.29, 1.82) is 0 Å². The molecule has 1 amide bonds. The van der Waals surface area contributed by atoms with Gasteiger partial charge in [-0.2, -0.15) is 0 Å². The number of carbonyl (C=O) groups excluding carboxylic acids is 3. The highest BCUT2D eigenvalue weighted by molar-refractivity contribution is 5.98. The van der Waals surface area contributed by atoms with Crippen molar-refractivity contribution in [2.75, 3.05) is 6.61 Å². The molecule has 0 saturated carbocycles. The van der Waals surface area contributed by atoms with Crippen LogP contribution in [-0.2, 0) is 14.3 Å². The molecule has 0 aliphatic carbocycles. The lowest BCUT2D eigenvalue weighted by Gasteiger charge is -2.11. The van der Waals surface area contributed by atoms with Crippen LogP contribution >= 0.6 is 0 Å². The van der Waals surface area contributed by atoms with Crippen LogP contribution in [-0.4, -0.2) is 30.3 Å². The molecule has 142 valence electrons. The molecule has 5 heteroatoms. The van der Waals surface area contributed by atoms with Gasteiger partial charge in [0.25, 0.3) is 5.91 Å². The van der Waals surface area contributed by atoms with E-state index in [4.69, 9.17) is 4.74 Å². The van der Waals surface area contributed by atoms with Crippen molar-refractivity contribution >= 4 is 17.7 Å². The van der Waals surface area contributed by atoms with E-state index in [-0.39, 0.29) is 37.2 Å². The molecular formula is C22H25NO4. The van der Waals surface area contributed by atoms with Gasteiger partial charge in [0, 0.05) is 18.0 Å². The van der Waals surface area contributed by atoms with Gasteiger partial charge in [-0.15, -0.1) is 0 Å². The predicted octanol–water partition coefficient (Wildman–Crippen LogP) is 3.77. The molecule has 5 nitrogen and oxygen atoms in total. The van der Waals surface area contributed by atoms with Gasteiger partial charge < -0.3 is 10.1 Å². The van der Waals surface area contributed by atoms with E-state index in [1.54, 1.807) is 12.1 Å². The zero-order chi connectivity index (χ0) is 19.6. The summed E-state index contributed by atoms with van der Waals surface area (Å²) in [6, 6.07) is 17.2. The van der Waals surface area contributed by atoms with Crippen molar-refractivity contribution in [3.63, 3.8) is 0 Å². The van der Waals surface area contributed by atoms with E-state index in [0.29, 0.717) is 5.56 Å². The zero-order valence-electron chi connectivity index (χ0n) is 15.7. The lowest BCUT2D eigenvalue weighted by molar-refractivity contribution is -0.148. The van der Waals surface area contributed by atoms with Crippen molar-refractivity contribution < 1.29 is 19.1 Å². The van der Waals surface area contributed by atoms with Gasteiger partial charge in [0.15, 0.2) is 12.4 Å². The Morgan fingerprint density at radius 1 is 0.926 bits per heavy atom. The molecule has 0 heterocycles. The predicted molar refractivity (Wildman–Crippen MR) is 104 cm³/mol. The first kappa shape index (κ1) is 20.4. The summed E-state index contributed by atoms with van der Waals surface area (Å²) in [5.41, 5.74) is 2.66. The molecule has 0 aliphatic heterocycles. The van der Waals surface area contributed by atoms with Crippen molar-refractivity contribution in [2.24, 2.45) is 0 Å². The smallest absolute Gasteiger partial charge is 0.306 e. The number of nitrogens with one attached hydrogen (secondary N) is 1. The minimum Gasteiger partial charge on any atom is -0.456 e. The van der Waals surface area contributed by atoms with Gasteiger partial charge in [0.05, 0.1) is 6.42 Å². The van der Waals surface area contributed by atoms with Crippen LogP contribution in [0.15, 0.2) is 54.6 Å². The molecule has 1 N–H and O–H groups in total. The van der Waals surface area contributed by atoms with Crippen LogP contribution in [0.4, 0.5) is 0 Å². The van der Waals surface area contributed by atoms with E-state index in [9.17, 15) is 14.4 Å². The third kappa shape index (κ3) is 6.70. The van der Waals surface area contributed by atoms with E-state index >= 15 is 0 Å². The van der Waals surface area contributed by atoms with Crippen LogP contribution < -0.4 is 5.32 Å². The molecule has 27 heavy (non-hydrogen) atoms. The number of esters is 1. The van der Waals surface area contributed by atoms with Gasteiger partial charge in [0.2, 0.25) is 0 Å². The lowest BCUT2D eigenvalue weighted by Crippen LogP contribution is -2.35. The SMILES string of the molecule is CC[C@H](C)NC(=O)COC(=O)CCC(=O)c1ccc(-c2ccccc2)cc1. The standard InChI is InChI=1S/C22H25NO4/c1-3-16(2)23-21(25)15-27-22(26)14-13-20(24)19-11-9-18(10-12-19)17-7-5-4-6-8-17/h4-12,16H,3,13-15H2,1-2H3,(H,23,25)/t16-/m0/s1. The molecule has 0 saturated heterocycles. The molecule has 0 bridgehead atoms. The van der Waals surface area contributed by atoms with Crippen molar-refractivity contribution in [2.45, 2.75) is 39.2 Å². The number of rotatable bonds is 9. The summed E-state index contributed by atoms with van der Waals surface area (Å²) in [6.07, 6.45) is 0.809. The average molecular weight is 367 g/mol. The summed E-state index contributed by atoms with van der Waals surface area (Å²) in [7, 11) is 0. The highest BCUT2D eigenvalue weighted by Gasteiger charge is 2.13. The zero-order valence-corrected chi connectivity index (χ0v) is 15.7. The van der Waals surface area contributed by atoms with Gasteiger partial charge in [0.1, 0.15) is 0 Å². The molecule has 0 spiro atoms. The van der Waals surface area contributed by atoms with Gasteiger partial charge in [-0.1, -0.05) is 61.5 Å². The molecule has 2 aromatic rings. The maximum atomic E-state index is 12.2. The first-order valence-electron chi connectivity index (χ1n) is 9.13. The maximum Gasteiger partial charge on any atom is 0.306 e. The number of carbonyl (C=O) groups is 3. The van der Waals surface area contributed by atoms with Crippen LogP contribution in [0.3, 0.4) is 0 Å². The summed E-state index contributed by atoms with van der Waals surface area (Å²) >= 11 is 0. The van der Waals surface area contributed by atoms with Crippen molar-refractivity contribution in [3.8, 4) is 11.1 Å². The first-order valence-corrected chi connectivity index (χ1v) is 9.13. The summed E-state index contributed by atoms with van der Waals surface area (Å²) < 4.78 is 4.91. The van der Waals surface area contributed by atoms with E-state index in [2.05, 4.69) is 5.32 Å². The number of Topliss-reactive ketones (excluding diaryl/α,β-unsaturated/α-hetero) is 1. The second-order valence-corrected chi connectivity index (χ2v) is 6.40. The molecule has 2 aromatic carbocycles. The Labute approximate surface area is 159 Å².